The molecule has 2 N–H and O–H groups in total. The highest BCUT2D eigenvalue weighted by molar-refractivity contribution is 6.05. The Hall–Kier alpha value is -2.93. The van der Waals surface area contributed by atoms with Crippen molar-refractivity contribution in [3.05, 3.63) is 53.8 Å². The van der Waals surface area contributed by atoms with Crippen molar-refractivity contribution in [2.24, 2.45) is 0 Å². The third-order valence-electron chi connectivity index (χ3n) is 5.23. The van der Waals surface area contributed by atoms with Crippen LogP contribution in [0.15, 0.2) is 42.5 Å². The summed E-state index contributed by atoms with van der Waals surface area (Å²) in [7, 11) is 0. The first kappa shape index (κ1) is 19.4. The lowest BCUT2D eigenvalue weighted by atomic mass is 10.1. The first-order chi connectivity index (χ1) is 14.1. The van der Waals surface area contributed by atoms with Gasteiger partial charge in [0, 0.05) is 42.3 Å². The topological polar surface area (TPSA) is 70.7 Å². The smallest absolute Gasteiger partial charge is 0.255 e. The van der Waals surface area contributed by atoms with Gasteiger partial charge in [0.2, 0.25) is 0 Å². The molecular formula is C22H24FN3O3. The molecule has 2 saturated heterocycles. The van der Waals surface area contributed by atoms with Crippen LogP contribution in [0, 0.1) is 5.82 Å². The number of nitrogens with one attached hydrogen (secondary N) is 2. The summed E-state index contributed by atoms with van der Waals surface area (Å²) >= 11 is 0. The van der Waals surface area contributed by atoms with Crippen LogP contribution in [0.1, 0.15) is 36.0 Å². The van der Waals surface area contributed by atoms with Crippen LogP contribution in [0.2, 0.25) is 0 Å². The number of anilines is 3. The molecule has 2 fully saturated rings. The third-order valence-corrected chi connectivity index (χ3v) is 5.23. The zero-order chi connectivity index (χ0) is 20.2. The van der Waals surface area contributed by atoms with Crippen molar-refractivity contribution in [2.45, 2.75) is 31.8 Å². The van der Waals surface area contributed by atoms with Gasteiger partial charge in [-0.2, -0.15) is 0 Å². The Labute approximate surface area is 169 Å². The molecule has 7 heteroatoms. The molecular weight excluding hydrogens is 373 g/mol. The van der Waals surface area contributed by atoms with Gasteiger partial charge >= 0.3 is 0 Å². The van der Waals surface area contributed by atoms with Crippen molar-refractivity contribution in [3.8, 4) is 0 Å². The quantitative estimate of drug-likeness (QED) is 0.805. The van der Waals surface area contributed by atoms with Crippen molar-refractivity contribution < 1.29 is 18.7 Å². The highest BCUT2D eigenvalue weighted by Gasteiger charge is 2.23. The zero-order valence-corrected chi connectivity index (χ0v) is 16.1. The van der Waals surface area contributed by atoms with Gasteiger partial charge in [0.25, 0.3) is 11.8 Å². The number of benzene rings is 2. The van der Waals surface area contributed by atoms with E-state index in [0.717, 1.165) is 38.0 Å². The molecule has 6 nitrogen and oxygen atoms in total. The van der Waals surface area contributed by atoms with Crippen molar-refractivity contribution >= 4 is 28.9 Å². The Balaban J connectivity index is 1.45. The molecule has 0 radical (unpaired) electrons. The Morgan fingerprint density at radius 1 is 1.00 bits per heavy atom. The van der Waals surface area contributed by atoms with Crippen LogP contribution in [0.5, 0.6) is 0 Å². The fourth-order valence-corrected chi connectivity index (χ4v) is 3.75. The summed E-state index contributed by atoms with van der Waals surface area (Å²) in [6.07, 6.45) is 3.30. The summed E-state index contributed by atoms with van der Waals surface area (Å²) in [6.45, 7) is 2.38. The van der Waals surface area contributed by atoms with E-state index in [-0.39, 0.29) is 17.6 Å². The fourth-order valence-electron chi connectivity index (χ4n) is 3.75. The molecule has 152 valence electrons. The van der Waals surface area contributed by atoms with Crippen LogP contribution in [-0.4, -0.2) is 37.6 Å². The summed E-state index contributed by atoms with van der Waals surface area (Å²) in [5, 5.41) is 5.54. The number of halogens is 1. The molecule has 2 amide bonds. The average Bonchev–Trinajstić information content (AvgIpc) is 3.42. The van der Waals surface area contributed by atoms with Crippen molar-refractivity contribution in [1.29, 1.82) is 0 Å². The van der Waals surface area contributed by atoms with E-state index in [2.05, 4.69) is 15.5 Å². The highest BCUT2D eigenvalue weighted by atomic mass is 19.1. The summed E-state index contributed by atoms with van der Waals surface area (Å²) in [4.78, 5) is 27.0. The van der Waals surface area contributed by atoms with E-state index in [1.165, 1.54) is 12.1 Å². The maximum Gasteiger partial charge on any atom is 0.255 e. The van der Waals surface area contributed by atoms with Gasteiger partial charge in [-0.3, -0.25) is 9.59 Å². The van der Waals surface area contributed by atoms with Gasteiger partial charge in [-0.15, -0.1) is 0 Å². The maximum atomic E-state index is 14.1. The van der Waals surface area contributed by atoms with Crippen molar-refractivity contribution in [3.63, 3.8) is 0 Å². The minimum atomic E-state index is -0.441. The first-order valence-corrected chi connectivity index (χ1v) is 9.98. The standard InChI is InChI=1S/C22H24FN3O3/c23-16-12-18(14-19(13-16)26-8-1-2-9-26)25-21(27)15-5-3-6-17(11-15)24-22(28)20-7-4-10-29-20/h3,5-6,11-14,20H,1-2,4,7-10H2,(H,24,28)(H,25,27). The highest BCUT2D eigenvalue weighted by Crippen LogP contribution is 2.26. The Morgan fingerprint density at radius 2 is 1.83 bits per heavy atom. The molecule has 1 unspecified atom stereocenters. The SMILES string of the molecule is O=C(Nc1cc(F)cc(N2CCCC2)c1)c1cccc(NC(=O)C2CCCO2)c1. The molecule has 0 aromatic heterocycles. The average molecular weight is 397 g/mol. The number of amides is 2. The molecule has 2 heterocycles. The second-order valence-electron chi connectivity index (χ2n) is 7.42. The zero-order valence-electron chi connectivity index (χ0n) is 16.1. The second-order valence-corrected chi connectivity index (χ2v) is 7.42. The van der Waals surface area contributed by atoms with Crippen LogP contribution in [0.3, 0.4) is 0 Å². The summed E-state index contributed by atoms with van der Waals surface area (Å²) in [5.41, 5.74) is 2.08. The largest absolute Gasteiger partial charge is 0.371 e. The second kappa shape index (κ2) is 8.61. The molecule has 29 heavy (non-hydrogen) atoms. The number of nitrogens with zero attached hydrogens (tertiary/aromatic N) is 1. The van der Waals surface area contributed by atoms with E-state index in [1.807, 2.05) is 0 Å². The summed E-state index contributed by atoms with van der Waals surface area (Å²) < 4.78 is 19.4. The van der Waals surface area contributed by atoms with Gasteiger partial charge < -0.3 is 20.3 Å². The number of hydrogen-bond donors (Lipinski definition) is 2. The molecule has 0 aliphatic carbocycles. The van der Waals surface area contributed by atoms with E-state index in [0.29, 0.717) is 30.0 Å². The van der Waals surface area contributed by atoms with E-state index < -0.39 is 6.10 Å². The lowest BCUT2D eigenvalue weighted by Gasteiger charge is -2.19. The van der Waals surface area contributed by atoms with Crippen LogP contribution >= 0.6 is 0 Å². The van der Waals surface area contributed by atoms with E-state index in [4.69, 9.17) is 4.74 Å². The van der Waals surface area contributed by atoms with E-state index in [1.54, 1.807) is 30.3 Å². The van der Waals surface area contributed by atoms with Crippen LogP contribution in [0.25, 0.3) is 0 Å². The molecule has 4 rings (SSSR count). The van der Waals surface area contributed by atoms with E-state index in [9.17, 15) is 14.0 Å². The molecule has 2 aliphatic rings. The van der Waals surface area contributed by atoms with Gasteiger partial charge in [0.15, 0.2) is 0 Å². The van der Waals surface area contributed by atoms with Gasteiger partial charge in [-0.05, 0) is 62.1 Å². The Morgan fingerprint density at radius 3 is 2.59 bits per heavy atom. The van der Waals surface area contributed by atoms with Crippen LogP contribution in [0.4, 0.5) is 21.5 Å². The monoisotopic (exact) mass is 397 g/mol. The Kier molecular flexibility index (Phi) is 5.76. The predicted octanol–water partition coefficient (Wildman–Crippen LogP) is 3.80. The molecule has 0 spiro atoms. The molecule has 0 bridgehead atoms. The normalized spacial score (nSPS) is 18.7. The molecule has 2 aromatic rings. The fraction of sp³-hybridized carbons (Fsp3) is 0.364. The molecule has 1 atom stereocenters. The minimum Gasteiger partial charge on any atom is -0.371 e. The molecule has 0 saturated carbocycles. The van der Waals surface area contributed by atoms with Gasteiger partial charge in [0.1, 0.15) is 11.9 Å². The molecule has 2 aliphatic heterocycles. The lowest BCUT2D eigenvalue weighted by molar-refractivity contribution is -0.124. The number of ether oxygens (including phenoxy) is 1. The number of hydrogen-bond acceptors (Lipinski definition) is 4. The maximum absolute atomic E-state index is 14.1. The summed E-state index contributed by atoms with van der Waals surface area (Å²) in [5.74, 6) is -0.959. The number of rotatable bonds is 5. The van der Waals surface area contributed by atoms with Gasteiger partial charge in [-0.25, -0.2) is 4.39 Å². The predicted molar refractivity (Wildman–Crippen MR) is 110 cm³/mol. The van der Waals surface area contributed by atoms with Gasteiger partial charge in [0.05, 0.1) is 0 Å². The summed E-state index contributed by atoms with van der Waals surface area (Å²) in [6, 6.07) is 11.2. The van der Waals surface area contributed by atoms with Crippen LogP contribution in [-0.2, 0) is 9.53 Å². The number of carbonyl (C=O) groups is 2. The first-order valence-electron chi connectivity index (χ1n) is 9.98. The van der Waals surface area contributed by atoms with Crippen LogP contribution < -0.4 is 15.5 Å². The van der Waals surface area contributed by atoms with E-state index >= 15 is 0 Å². The van der Waals surface area contributed by atoms with Crippen molar-refractivity contribution in [2.75, 3.05) is 35.2 Å². The molecule has 2 aromatic carbocycles. The Bertz CT molecular complexity index is 906. The van der Waals surface area contributed by atoms with Gasteiger partial charge in [-0.1, -0.05) is 6.07 Å². The van der Waals surface area contributed by atoms with Crippen molar-refractivity contribution in [1.82, 2.24) is 0 Å². The lowest BCUT2D eigenvalue weighted by Crippen LogP contribution is -2.27. The minimum absolute atomic E-state index is 0.208. The number of carbonyl (C=O) groups excluding carboxylic acids is 2. The third kappa shape index (κ3) is 4.74.